The molecule has 0 radical (unpaired) electrons. The van der Waals surface area contributed by atoms with Crippen molar-refractivity contribution in [2.75, 3.05) is 5.73 Å². The zero-order valence-electron chi connectivity index (χ0n) is 9.99. The summed E-state index contributed by atoms with van der Waals surface area (Å²) in [7, 11) is 0. The third-order valence-corrected chi connectivity index (χ3v) is 2.61. The summed E-state index contributed by atoms with van der Waals surface area (Å²) in [4.78, 5) is 0. The van der Waals surface area contributed by atoms with E-state index >= 15 is 0 Å². The van der Waals surface area contributed by atoms with Gasteiger partial charge in [-0.25, -0.2) is 0 Å². The summed E-state index contributed by atoms with van der Waals surface area (Å²) in [6, 6.07) is 6.53. The third-order valence-electron chi connectivity index (χ3n) is 2.61. The van der Waals surface area contributed by atoms with Gasteiger partial charge in [0.05, 0.1) is 6.54 Å². The Balaban J connectivity index is 2.26. The van der Waals surface area contributed by atoms with Gasteiger partial charge in [0, 0.05) is 11.8 Å². The summed E-state index contributed by atoms with van der Waals surface area (Å²) in [6.07, 6.45) is 1.98. The van der Waals surface area contributed by atoms with Crippen molar-refractivity contribution in [3.63, 3.8) is 0 Å². The zero-order chi connectivity index (χ0) is 11.7. The van der Waals surface area contributed by atoms with Gasteiger partial charge in [0.2, 0.25) is 0 Å². The van der Waals surface area contributed by atoms with Crippen LogP contribution in [0.15, 0.2) is 24.4 Å². The van der Waals surface area contributed by atoms with E-state index in [0.717, 1.165) is 12.1 Å². The van der Waals surface area contributed by atoms with Crippen molar-refractivity contribution in [3.05, 3.63) is 46.6 Å². The Morgan fingerprint density at radius 2 is 1.75 bits per heavy atom. The quantitative estimate of drug-likeness (QED) is 0.836. The van der Waals surface area contributed by atoms with E-state index in [1.807, 2.05) is 17.8 Å². The molecule has 0 fully saturated rings. The van der Waals surface area contributed by atoms with Crippen molar-refractivity contribution in [3.8, 4) is 0 Å². The summed E-state index contributed by atoms with van der Waals surface area (Å²) < 4.78 is 1.89. The monoisotopic (exact) mass is 215 g/mol. The molecule has 3 nitrogen and oxygen atoms in total. The van der Waals surface area contributed by atoms with E-state index in [1.54, 1.807) is 0 Å². The van der Waals surface area contributed by atoms with Gasteiger partial charge in [-0.1, -0.05) is 29.3 Å². The second kappa shape index (κ2) is 4.00. The summed E-state index contributed by atoms with van der Waals surface area (Å²) in [6.45, 7) is 6.97. The fourth-order valence-corrected chi connectivity index (χ4v) is 1.96. The van der Waals surface area contributed by atoms with E-state index in [0.29, 0.717) is 5.82 Å². The van der Waals surface area contributed by atoms with E-state index < -0.39 is 0 Å². The number of benzene rings is 1. The average molecular weight is 215 g/mol. The first-order valence-corrected chi connectivity index (χ1v) is 5.41. The maximum Gasteiger partial charge on any atom is 0.148 e. The predicted octanol–water partition coefficient (Wildman–Crippen LogP) is 2.44. The van der Waals surface area contributed by atoms with E-state index in [4.69, 9.17) is 5.73 Å². The Morgan fingerprint density at radius 3 is 2.25 bits per heavy atom. The maximum atomic E-state index is 5.72. The van der Waals surface area contributed by atoms with Gasteiger partial charge in [0.25, 0.3) is 0 Å². The van der Waals surface area contributed by atoms with Crippen LogP contribution < -0.4 is 5.73 Å². The van der Waals surface area contributed by atoms with Crippen LogP contribution in [0.5, 0.6) is 0 Å². The minimum Gasteiger partial charge on any atom is -0.382 e. The number of nitrogens with two attached hydrogens (primary N) is 1. The SMILES string of the molecule is Cc1cc(C)cc(Cn2cc(C)c(N)n2)c1. The minimum absolute atomic E-state index is 0.615. The second-order valence-electron chi connectivity index (χ2n) is 4.39. The molecular formula is C13H17N3. The number of hydrogen-bond acceptors (Lipinski definition) is 2. The highest BCUT2D eigenvalue weighted by molar-refractivity contribution is 5.36. The van der Waals surface area contributed by atoms with Crippen molar-refractivity contribution in [1.82, 2.24) is 9.78 Å². The van der Waals surface area contributed by atoms with Gasteiger partial charge in [-0.05, 0) is 26.3 Å². The molecule has 0 bridgehead atoms. The van der Waals surface area contributed by atoms with Crippen molar-refractivity contribution in [2.24, 2.45) is 0 Å². The first-order valence-electron chi connectivity index (χ1n) is 5.41. The molecule has 0 aliphatic carbocycles. The number of nitrogen functional groups attached to an aromatic ring is 1. The highest BCUT2D eigenvalue weighted by Gasteiger charge is 2.02. The average Bonchev–Trinajstić information content (AvgIpc) is 2.43. The van der Waals surface area contributed by atoms with E-state index in [-0.39, 0.29) is 0 Å². The topological polar surface area (TPSA) is 43.8 Å². The molecule has 2 rings (SSSR count). The lowest BCUT2D eigenvalue weighted by Gasteiger charge is -2.05. The van der Waals surface area contributed by atoms with Gasteiger partial charge in [-0.3, -0.25) is 4.68 Å². The van der Waals surface area contributed by atoms with Crippen molar-refractivity contribution < 1.29 is 0 Å². The molecular weight excluding hydrogens is 198 g/mol. The predicted molar refractivity (Wildman–Crippen MR) is 66.4 cm³/mol. The van der Waals surface area contributed by atoms with Crippen molar-refractivity contribution in [2.45, 2.75) is 27.3 Å². The first-order chi connectivity index (χ1) is 7.54. The number of aryl methyl sites for hydroxylation is 3. The number of nitrogens with zero attached hydrogens (tertiary/aromatic N) is 2. The lowest BCUT2D eigenvalue weighted by molar-refractivity contribution is 0.689. The highest BCUT2D eigenvalue weighted by Crippen LogP contribution is 2.12. The van der Waals surface area contributed by atoms with Gasteiger partial charge < -0.3 is 5.73 Å². The fraction of sp³-hybridized carbons (Fsp3) is 0.308. The second-order valence-corrected chi connectivity index (χ2v) is 4.39. The van der Waals surface area contributed by atoms with Crippen LogP contribution in [0, 0.1) is 20.8 Å². The van der Waals surface area contributed by atoms with Crippen molar-refractivity contribution >= 4 is 5.82 Å². The summed E-state index contributed by atoms with van der Waals surface area (Å²) in [5.41, 5.74) is 10.6. The van der Waals surface area contributed by atoms with Crippen LogP contribution in [-0.2, 0) is 6.54 Å². The number of aromatic nitrogens is 2. The largest absolute Gasteiger partial charge is 0.382 e. The van der Waals surface area contributed by atoms with Crippen LogP contribution >= 0.6 is 0 Å². The molecule has 0 amide bonds. The molecule has 1 aromatic heterocycles. The van der Waals surface area contributed by atoms with Crippen LogP contribution in [0.3, 0.4) is 0 Å². The summed E-state index contributed by atoms with van der Waals surface area (Å²) in [5.74, 6) is 0.615. The van der Waals surface area contributed by atoms with Crippen LogP contribution in [0.1, 0.15) is 22.3 Å². The molecule has 0 atom stereocenters. The Bertz CT molecular complexity index is 472. The van der Waals surface area contributed by atoms with Gasteiger partial charge in [0.1, 0.15) is 5.82 Å². The Labute approximate surface area is 95.9 Å². The molecule has 0 aliphatic heterocycles. The molecule has 2 aromatic rings. The van der Waals surface area contributed by atoms with Crippen LogP contribution in [0.4, 0.5) is 5.82 Å². The van der Waals surface area contributed by atoms with Gasteiger partial charge in [-0.2, -0.15) is 5.10 Å². The lowest BCUT2D eigenvalue weighted by atomic mass is 10.1. The fourth-order valence-electron chi connectivity index (χ4n) is 1.96. The molecule has 0 aliphatic rings. The normalized spacial score (nSPS) is 10.7. The Morgan fingerprint density at radius 1 is 1.12 bits per heavy atom. The lowest BCUT2D eigenvalue weighted by Crippen LogP contribution is -2.01. The zero-order valence-corrected chi connectivity index (χ0v) is 9.99. The van der Waals surface area contributed by atoms with Crippen LogP contribution in [-0.4, -0.2) is 9.78 Å². The molecule has 2 N–H and O–H groups in total. The number of rotatable bonds is 2. The van der Waals surface area contributed by atoms with Crippen LogP contribution in [0.25, 0.3) is 0 Å². The first kappa shape index (κ1) is 10.7. The minimum atomic E-state index is 0.615. The molecule has 0 unspecified atom stereocenters. The maximum absolute atomic E-state index is 5.72. The van der Waals surface area contributed by atoms with E-state index in [9.17, 15) is 0 Å². The molecule has 0 saturated heterocycles. The third kappa shape index (κ3) is 2.24. The molecule has 1 aromatic carbocycles. The molecule has 16 heavy (non-hydrogen) atoms. The molecule has 0 spiro atoms. The highest BCUT2D eigenvalue weighted by atomic mass is 15.3. The van der Waals surface area contributed by atoms with E-state index in [2.05, 4.69) is 37.1 Å². The standard InChI is InChI=1S/C13H17N3/c1-9-4-10(2)6-12(5-9)8-16-7-11(3)13(14)15-16/h4-7H,8H2,1-3H3,(H2,14,15). The molecule has 84 valence electrons. The Kier molecular flexibility index (Phi) is 2.69. The van der Waals surface area contributed by atoms with Gasteiger partial charge >= 0.3 is 0 Å². The summed E-state index contributed by atoms with van der Waals surface area (Å²) in [5, 5.41) is 4.26. The Hall–Kier alpha value is -1.77. The molecule has 1 heterocycles. The van der Waals surface area contributed by atoms with E-state index in [1.165, 1.54) is 16.7 Å². The molecule has 3 heteroatoms. The molecule has 0 saturated carbocycles. The number of anilines is 1. The van der Waals surface area contributed by atoms with Crippen LogP contribution in [0.2, 0.25) is 0 Å². The number of hydrogen-bond donors (Lipinski definition) is 1. The van der Waals surface area contributed by atoms with Crippen molar-refractivity contribution in [1.29, 1.82) is 0 Å². The summed E-state index contributed by atoms with van der Waals surface area (Å²) >= 11 is 0. The van der Waals surface area contributed by atoms with Gasteiger partial charge in [0.15, 0.2) is 0 Å². The van der Waals surface area contributed by atoms with Gasteiger partial charge in [-0.15, -0.1) is 0 Å². The smallest absolute Gasteiger partial charge is 0.148 e.